The fourth-order valence-electron chi connectivity index (χ4n) is 3.64. The summed E-state index contributed by atoms with van der Waals surface area (Å²) in [4.78, 5) is 4.44. The van der Waals surface area contributed by atoms with Gasteiger partial charge in [-0.3, -0.25) is 9.80 Å². The van der Waals surface area contributed by atoms with Crippen molar-refractivity contribution in [1.29, 1.82) is 0 Å². The number of hydrogen-bond donors (Lipinski definition) is 0. The van der Waals surface area contributed by atoms with Crippen molar-refractivity contribution in [1.82, 2.24) is 9.80 Å². The van der Waals surface area contributed by atoms with Crippen LogP contribution in [0.15, 0.2) is 0 Å². The minimum Gasteiger partial charge on any atom is -0.298 e. The van der Waals surface area contributed by atoms with Gasteiger partial charge in [-0.1, -0.05) is 13.8 Å². The smallest absolute Gasteiger partial charge is 0.251 e. The molecule has 1 aliphatic carbocycles. The lowest BCUT2D eigenvalue weighted by atomic mass is 9.79. The minimum atomic E-state index is -2.19. The fraction of sp³-hybridized carbons (Fsp3) is 1.00. The van der Waals surface area contributed by atoms with E-state index in [1.165, 1.54) is 25.7 Å². The highest BCUT2D eigenvalue weighted by Gasteiger charge is 2.29. The molecule has 112 valence electrons. The van der Waals surface area contributed by atoms with E-state index in [0.29, 0.717) is 6.04 Å². The van der Waals surface area contributed by atoms with Crippen molar-refractivity contribution in [3.63, 3.8) is 0 Å². The molecule has 0 spiro atoms. The molecular weight excluding hydrogens is 246 g/mol. The van der Waals surface area contributed by atoms with Gasteiger partial charge >= 0.3 is 0 Å². The van der Waals surface area contributed by atoms with Crippen LogP contribution in [0, 0.1) is 11.8 Å². The van der Waals surface area contributed by atoms with Gasteiger partial charge in [0, 0.05) is 32.2 Å². The molecule has 0 aromatic heterocycles. The second kappa shape index (κ2) is 6.98. The molecule has 19 heavy (non-hydrogen) atoms. The average molecular weight is 274 g/mol. The highest BCUT2D eigenvalue weighted by Crippen LogP contribution is 2.32. The zero-order valence-electron chi connectivity index (χ0n) is 12.3. The van der Waals surface area contributed by atoms with Gasteiger partial charge in [-0.25, -0.2) is 8.78 Å². The van der Waals surface area contributed by atoms with E-state index in [1.54, 1.807) is 0 Å². The van der Waals surface area contributed by atoms with Crippen molar-refractivity contribution in [3.8, 4) is 0 Å². The number of piperazine rings is 1. The largest absolute Gasteiger partial charge is 0.298 e. The molecule has 2 fully saturated rings. The Kier molecular flexibility index (Phi) is 5.58. The summed E-state index contributed by atoms with van der Waals surface area (Å²) in [5, 5.41) is 0. The van der Waals surface area contributed by atoms with Gasteiger partial charge in [-0.2, -0.15) is 0 Å². The molecule has 2 aliphatic rings. The van der Waals surface area contributed by atoms with Crippen molar-refractivity contribution < 1.29 is 8.78 Å². The van der Waals surface area contributed by atoms with Crippen LogP contribution in [-0.4, -0.2) is 55.0 Å². The molecule has 1 heterocycles. The Hall–Kier alpha value is -0.220. The normalized spacial score (nSPS) is 31.3. The Morgan fingerprint density at radius 3 is 2.00 bits per heavy atom. The number of rotatable bonds is 4. The summed E-state index contributed by atoms with van der Waals surface area (Å²) in [5.74, 6) is 1.71. The quantitative estimate of drug-likeness (QED) is 0.777. The molecule has 2 rings (SSSR count). The molecule has 0 N–H and O–H groups in total. The maximum Gasteiger partial charge on any atom is 0.251 e. The highest BCUT2D eigenvalue weighted by molar-refractivity contribution is 4.84. The lowest BCUT2D eigenvalue weighted by molar-refractivity contribution is 0.0314. The third kappa shape index (κ3) is 4.38. The van der Waals surface area contributed by atoms with Gasteiger partial charge in [-0.05, 0) is 37.5 Å². The predicted octanol–water partition coefficient (Wildman–Crippen LogP) is 3.08. The van der Waals surface area contributed by atoms with Crippen molar-refractivity contribution in [3.05, 3.63) is 0 Å². The van der Waals surface area contributed by atoms with Crippen LogP contribution >= 0.6 is 0 Å². The first-order valence-corrected chi connectivity index (χ1v) is 7.81. The summed E-state index contributed by atoms with van der Waals surface area (Å²) in [7, 11) is 0. The molecule has 2 nitrogen and oxygen atoms in total. The first kappa shape index (κ1) is 15.2. The summed E-state index contributed by atoms with van der Waals surface area (Å²) in [6, 6.07) is 0.712. The number of alkyl halides is 2. The van der Waals surface area contributed by atoms with Crippen LogP contribution in [0.1, 0.15) is 39.5 Å². The topological polar surface area (TPSA) is 6.48 Å². The molecular formula is C15H28F2N2. The lowest BCUT2D eigenvalue weighted by Gasteiger charge is -2.42. The van der Waals surface area contributed by atoms with Gasteiger partial charge in [0.15, 0.2) is 0 Å². The van der Waals surface area contributed by atoms with Gasteiger partial charge in [0.1, 0.15) is 0 Å². The van der Waals surface area contributed by atoms with Crippen molar-refractivity contribution in [2.45, 2.75) is 52.0 Å². The summed E-state index contributed by atoms with van der Waals surface area (Å²) in [6.07, 6.45) is 3.11. The molecule has 0 atom stereocenters. The van der Waals surface area contributed by atoms with Crippen molar-refractivity contribution in [2.24, 2.45) is 11.8 Å². The van der Waals surface area contributed by atoms with E-state index in [1.807, 2.05) is 4.90 Å². The molecule has 1 saturated carbocycles. The van der Waals surface area contributed by atoms with Crippen LogP contribution in [0.5, 0.6) is 0 Å². The SMILES string of the molecule is CC(C)C1CCC(N2CCN(CC(F)F)CC2)CC1. The Morgan fingerprint density at radius 1 is 0.947 bits per heavy atom. The predicted molar refractivity (Wildman–Crippen MR) is 74.6 cm³/mol. The van der Waals surface area contributed by atoms with Crippen LogP contribution in [0.25, 0.3) is 0 Å². The van der Waals surface area contributed by atoms with Gasteiger partial charge < -0.3 is 0 Å². The molecule has 0 aromatic rings. The maximum atomic E-state index is 12.3. The summed E-state index contributed by atoms with van der Waals surface area (Å²) in [5.41, 5.74) is 0. The molecule has 0 amide bonds. The standard InChI is InChI=1S/C15H28F2N2/c1-12(2)13-3-5-14(6-4-13)19-9-7-18(8-10-19)11-15(16)17/h12-15H,3-11H2,1-2H3. The second-order valence-corrected chi connectivity index (χ2v) is 6.54. The van der Waals surface area contributed by atoms with E-state index < -0.39 is 6.43 Å². The summed E-state index contributed by atoms with van der Waals surface area (Å²) >= 11 is 0. The Morgan fingerprint density at radius 2 is 1.53 bits per heavy atom. The third-order valence-electron chi connectivity index (χ3n) is 5.00. The average Bonchev–Trinajstić information content (AvgIpc) is 2.39. The number of halogens is 2. The van der Waals surface area contributed by atoms with Gasteiger partial charge in [0.25, 0.3) is 6.43 Å². The lowest BCUT2D eigenvalue weighted by Crippen LogP contribution is -2.52. The van der Waals surface area contributed by atoms with Crippen LogP contribution in [0.3, 0.4) is 0 Å². The van der Waals surface area contributed by atoms with E-state index >= 15 is 0 Å². The molecule has 1 aliphatic heterocycles. The second-order valence-electron chi connectivity index (χ2n) is 6.54. The van der Waals surface area contributed by atoms with Gasteiger partial charge in [0.05, 0.1) is 6.54 Å². The third-order valence-corrected chi connectivity index (χ3v) is 5.00. The first-order valence-electron chi connectivity index (χ1n) is 7.81. The maximum absolute atomic E-state index is 12.3. The number of nitrogens with zero attached hydrogens (tertiary/aromatic N) is 2. The Bertz CT molecular complexity index is 255. The number of hydrogen-bond acceptors (Lipinski definition) is 2. The molecule has 0 aromatic carbocycles. The van der Waals surface area contributed by atoms with Gasteiger partial charge in [0.2, 0.25) is 0 Å². The summed E-state index contributed by atoms with van der Waals surface area (Å²) in [6.45, 7) is 8.19. The Balaban J connectivity index is 1.71. The highest BCUT2D eigenvalue weighted by atomic mass is 19.3. The van der Waals surface area contributed by atoms with E-state index in [-0.39, 0.29) is 6.54 Å². The van der Waals surface area contributed by atoms with E-state index in [0.717, 1.165) is 38.0 Å². The monoisotopic (exact) mass is 274 g/mol. The van der Waals surface area contributed by atoms with Crippen molar-refractivity contribution >= 4 is 0 Å². The van der Waals surface area contributed by atoms with Crippen LogP contribution < -0.4 is 0 Å². The van der Waals surface area contributed by atoms with Crippen molar-refractivity contribution in [2.75, 3.05) is 32.7 Å². The zero-order chi connectivity index (χ0) is 13.8. The molecule has 0 bridgehead atoms. The van der Waals surface area contributed by atoms with E-state index in [9.17, 15) is 8.78 Å². The fourth-order valence-corrected chi connectivity index (χ4v) is 3.64. The molecule has 1 saturated heterocycles. The zero-order valence-corrected chi connectivity index (χ0v) is 12.3. The molecule has 0 unspecified atom stereocenters. The van der Waals surface area contributed by atoms with E-state index in [4.69, 9.17) is 0 Å². The molecule has 0 radical (unpaired) electrons. The van der Waals surface area contributed by atoms with Crippen LogP contribution in [0.2, 0.25) is 0 Å². The van der Waals surface area contributed by atoms with E-state index in [2.05, 4.69) is 18.7 Å². The van der Waals surface area contributed by atoms with Gasteiger partial charge in [-0.15, -0.1) is 0 Å². The Labute approximate surface area is 116 Å². The minimum absolute atomic E-state index is 0.0477. The van der Waals surface area contributed by atoms with Crippen LogP contribution in [0.4, 0.5) is 8.78 Å². The summed E-state index contributed by atoms with van der Waals surface area (Å²) < 4.78 is 24.7. The molecule has 4 heteroatoms. The van der Waals surface area contributed by atoms with Crippen LogP contribution in [-0.2, 0) is 0 Å². The first-order chi connectivity index (χ1) is 9.06.